The van der Waals surface area contributed by atoms with E-state index in [1.54, 1.807) is 0 Å². The highest BCUT2D eigenvalue weighted by Gasteiger charge is 2.25. The first kappa shape index (κ1) is 12.4. The first-order valence-corrected chi connectivity index (χ1v) is 7.26. The van der Waals surface area contributed by atoms with Crippen molar-refractivity contribution in [2.75, 3.05) is 0 Å². The molecule has 2 aromatic rings. The summed E-state index contributed by atoms with van der Waals surface area (Å²) in [6.45, 7) is 6.57. The van der Waals surface area contributed by atoms with E-state index in [-0.39, 0.29) is 0 Å². The van der Waals surface area contributed by atoms with Gasteiger partial charge in [0.1, 0.15) is 0 Å². The van der Waals surface area contributed by atoms with Crippen LogP contribution in [0.1, 0.15) is 55.7 Å². The average Bonchev–Trinajstić information content (AvgIpc) is 3.22. The van der Waals surface area contributed by atoms with Crippen LogP contribution in [0, 0.1) is 6.92 Å². The van der Waals surface area contributed by atoms with Crippen LogP contribution in [0.5, 0.6) is 0 Å². The van der Waals surface area contributed by atoms with E-state index in [0.717, 1.165) is 17.9 Å². The van der Waals surface area contributed by atoms with Crippen molar-refractivity contribution < 1.29 is 0 Å². The highest BCUT2D eigenvalue weighted by molar-refractivity contribution is 5.84. The molecule has 19 heavy (non-hydrogen) atoms. The van der Waals surface area contributed by atoms with E-state index in [9.17, 15) is 0 Å². The van der Waals surface area contributed by atoms with Crippen molar-refractivity contribution in [1.82, 2.24) is 4.98 Å². The molecule has 3 rings (SSSR count). The van der Waals surface area contributed by atoms with Crippen LogP contribution in [0.2, 0.25) is 0 Å². The van der Waals surface area contributed by atoms with Crippen molar-refractivity contribution in [1.29, 1.82) is 0 Å². The number of pyridine rings is 1. The predicted molar refractivity (Wildman–Crippen MR) is 82.4 cm³/mol. The molecule has 0 saturated heterocycles. The number of hydrogen-bond acceptors (Lipinski definition) is 1. The van der Waals surface area contributed by atoms with Crippen LogP contribution in [0.3, 0.4) is 0 Å². The molecule has 1 aliphatic rings. The number of aryl methyl sites for hydroxylation is 1. The Morgan fingerprint density at radius 3 is 2.79 bits per heavy atom. The van der Waals surface area contributed by atoms with Crippen molar-refractivity contribution in [3.63, 3.8) is 0 Å². The third kappa shape index (κ3) is 2.42. The summed E-state index contributed by atoms with van der Waals surface area (Å²) >= 11 is 0. The van der Waals surface area contributed by atoms with Gasteiger partial charge in [0.2, 0.25) is 0 Å². The highest BCUT2D eigenvalue weighted by atomic mass is 14.7. The van der Waals surface area contributed by atoms with E-state index in [1.165, 1.54) is 40.5 Å². The van der Waals surface area contributed by atoms with Gasteiger partial charge in [-0.1, -0.05) is 13.0 Å². The second-order valence-corrected chi connectivity index (χ2v) is 5.70. The number of nitrogens with zero attached hydrogens (tertiary/aromatic N) is 1. The summed E-state index contributed by atoms with van der Waals surface area (Å²) in [5.74, 6) is 0.799. The Kier molecular flexibility index (Phi) is 3.14. The highest BCUT2D eigenvalue weighted by Crippen LogP contribution is 2.42. The summed E-state index contributed by atoms with van der Waals surface area (Å²) in [5.41, 5.74) is 6.63. The zero-order chi connectivity index (χ0) is 13.4. The standard InChI is InChI=1S/C18H21N/c1-4-5-12(2)16-9-15-8-13(3)17(14-6-7-14)10-18(15)19-11-16/h5,8-11,14H,4,6-7H2,1-3H3/b12-5-. The number of hydrogen-bond donors (Lipinski definition) is 0. The van der Waals surface area contributed by atoms with Crippen LogP contribution in [0.25, 0.3) is 16.5 Å². The predicted octanol–water partition coefficient (Wildman–Crippen LogP) is 5.23. The van der Waals surface area contributed by atoms with E-state index >= 15 is 0 Å². The Bertz CT molecular complexity index is 648. The van der Waals surface area contributed by atoms with Gasteiger partial charge in [0, 0.05) is 11.6 Å². The minimum atomic E-state index is 0.799. The Morgan fingerprint density at radius 2 is 2.11 bits per heavy atom. The van der Waals surface area contributed by atoms with Gasteiger partial charge in [-0.15, -0.1) is 0 Å². The molecule has 1 aromatic heterocycles. The van der Waals surface area contributed by atoms with E-state index in [2.05, 4.69) is 50.0 Å². The monoisotopic (exact) mass is 251 g/mol. The zero-order valence-electron chi connectivity index (χ0n) is 12.0. The topological polar surface area (TPSA) is 12.9 Å². The molecular formula is C18H21N. The summed E-state index contributed by atoms with van der Waals surface area (Å²) in [6.07, 6.45) is 8.04. The fourth-order valence-electron chi connectivity index (χ4n) is 2.78. The maximum absolute atomic E-state index is 4.66. The average molecular weight is 251 g/mol. The first-order chi connectivity index (χ1) is 9.19. The molecule has 1 fully saturated rings. The van der Waals surface area contributed by atoms with Gasteiger partial charge >= 0.3 is 0 Å². The van der Waals surface area contributed by atoms with Crippen molar-refractivity contribution >= 4 is 16.5 Å². The summed E-state index contributed by atoms with van der Waals surface area (Å²) in [5, 5.41) is 1.27. The van der Waals surface area contributed by atoms with Crippen LogP contribution in [0.15, 0.2) is 30.5 Å². The normalized spacial score (nSPS) is 16.1. The lowest BCUT2D eigenvalue weighted by atomic mass is 9.99. The van der Waals surface area contributed by atoms with Crippen LogP contribution >= 0.6 is 0 Å². The van der Waals surface area contributed by atoms with Gasteiger partial charge in [-0.25, -0.2) is 0 Å². The summed E-state index contributed by atoms with van der Waals surface area (Å²) < 4.78 is 0. The second-order valence-electron chi connectivity index (χ2n) is 5.70. The van der Waals surface area contributed by atoms with Crippen LogP contribution < -0.4 is 0 Å². The molecule has 1 heteroatoms. The van der Waals surface area contributed by atoms with Gasteiger partial charge in [-0.3, -0.25) is 4.98 Å². The Labute approximate surface area is 115 Å². The quantitative estimate of drug-likeness (QED) is 0.727. The lowest BCUT2D eigenvalue weighted by Crippen LogP contribution is -1.90. The summed E-state index contributed by atoms with van der Waals surface area (Å²) in [4.78, 5) is 4.66. The molecular weight excluding hydrogens is 230 g/mol. The van der Waals surface area contributed by atoms with E-state index < -0.39 is 0 Å². The van der Waals surface area contributed by atoms with Crippen LogP contribution in [0.4, 0.5) is 0 Å². The van der Waals surface area contributed by atoms with Crippen LogP contribution in [-0.4, -0.2) is 4.98 Å². The Morgan fingerprint density at radius 1 is 1.32 bits per heavy atom. The minimum absolute atomic E-state index is 0.799. The van der Waals surface area contributed by atoms with E-state index in [0.29, 0.717) is 0 Å². The number of fused-ring (bicyclic) bond motifs is 1. The fourth-order valence-corrected chi connectivity index (χ4v) is 2.78. The second kappa shape index (κ2) is 4.80. The first-order valence-electron chi connectivity index (χ1n) is 7.26. The molecule has 0 amide bonds. The van der Waals surface area contributed by atoms with Gasteiger partial charge in [0.05, 0.1) is 5.52 Å². The van der Waals surface area contributed by atoms with Gasteiger partial charge in [-0.05, 0) is 79.5 Å². The Balaban J connectivity index is 2.08. The third-order valence-corrected chi connectivity index (χ3v) is 4.05. The van der Waals surface area contributed by atoms with Crippen LogP contribution in [-0.2, 0) is 0 Å². The molecule has 1 saturated carbocycles. The molecule has 0 N–H and O–H groups in total. The Hall–Kier alpha value is -1.63. The number of aromatic nitrogens is 1. The fraction of sp³-hybridized carbons (Fsp3) is 0.389. The van der Waals surface area contributed by atoms with Crippen molar-refractivity contribution in [3.05, 3.63) is 47.2 Å². The zero-order valence-corrected chi connectivity index (χ0v) is 12.0. The number of allylic oxidation sites excluding steroid dienone is 2. The number of rotatable bonds is 3. The summed E-state index contributed by atoms with van der Waals surface area (Å²) in [6, 6.07) is 6.87. The number of benzene rings is 1. The lowest BCUT2D eigenvalue weighted by Gasteiger charge is -2.08. The van der Waals surface area contributed by atoms with Gasteiger partial charge in [0.15, 0.2) is 0 Å². The molecule has 1 aliphatic carbocycles. The molecule has 0 atom stereocenters. The molecule has 0 radical (unpaired) electrons. The smallest absolute Gasteiger partial charge is 0.0705 e. The largest absolute Gasteiger partial charge is 0.256 e. The minimum Gasteiger partial charge on any atom is -0.256 e. The summed E-state index contributed by atoms with van der Waals surface area (Å²) in [7, 11) is 0. The van der Waals surface area contributed by atoms with Crippen molar-refractivity contribution in [2.24, 2.45) is 0 Å². The molecule has 98 valence electrons. The molecule has 0 bridgehead atoms. The molecule has 0 unspecified atom stereocenters. The lowest BCUT2D eigenvalue weighted by molar-refractivity contribution is 1.10. The maximum atomic E-state index is 4.66. The van der Waals surface area contributed by atoms with Crippen molar-refractivity contribution in [2.45, 2.75) is 46.0 Å². The molecule has 0 spiro atoms. The molecule has 0 aliphatic heterocycles. The third-order valence-electron chi connectivity index (χ3n) is 4.05. The molecule has 1 aromatic carbocycles. The van der Waals surface area contributed by atoms with Crippen molar-refractivity contribution in [3.8, 4) is 0 Å². The SMILES string of the molecule is CC/C=C(/C)c1cnc2cc(C3CC3)c(C)cc2c1. The molecule has 1 heterocycles. The van der Waals surface area contributed by atoms with E-state index in [1.807, 2.05) is 6.20 Å². The van der Waals surface area contributed by atoms with Gasteiger partial charge in [-0.2, -0.15) is 0 Å². The van der Waals surface area contributed by atoms with Gasteiger partial charge in [0.25, 0.3) is 0 Å². The molecule has 1 nitrogen and oxygen atoms in total. The maximum Gasteiger partial charge on any atom is 0.0705 e. The van der Waals surface area contributed by atoms with Gasteiger partial charge < -0.3 is 0 Å². The van der Waals surface area contributed by atoms with E-state index in [4.69, 9.17) is 0 Å².